The monoisotopic (exact) mass is 518 g/mol. The molecular formula is C25H25ClF2N4O4. The molecule has 36 heavy (non-hydrogen) atoms. The van der Waals surface area contributed by atoms with E-state index in [4.69, 9.17) is 21.1 Å². The van der Waals surface area contributed by atoms with E-state index in [1.165, 1.54) is 6.07 Å². The molecule has 0 aliphatic carbocycles. The summed E-state index contributed by atoms with van der Waals surface area (Å²) in [5.74, 6) is -0.0244. The van der Waals surface area contributed by atoms with Gasteiger partial charge in [0.1, 0.15) is 12.4 Å². The Morgan fingerprint density at radius 2 is 2.17 bits per heavy atom. The number of benzene rings is 1. The molecule has 190 valence electrons. The molecule has 3 N–H and O–H groups in total. The van der Waals surface area contributed by atoms with Gasteiger partial charge in [0.05, 0.1) is 46.6 Å². The molecule has 5 rings (SSSR count). The number of alkyl halides is 2. The zero-order valence-electron chi connectivity index (χ0n) is 19.7. The number of amides is 1. The van der Waals surface area contributed by atoms with Crippen molar-refractivity contribution in [2.75, 3.05) is 25.1 Å². The lowest BCUT2D eigenvalue weighted by molar-refractivity contribution is -0.180. The summed E-state index contributed by atoms with van der Waals surface area (Å²) in [6, 6.07) is 6.36. The quantitative estimate of drug-likeness (QED) is 0.381. The molecule has 2 aromatic heterocycles. The molecule has 0 saturated carbocycles. The van der Waals surface area contributed by atoms with Crippen molar-refractivity contribution in [2.45, 2.75) is 33.0 Å². The smallest absolute Gasteiger partial charge is 0.387 e. The van der Waals surface area contributed by atoms with Gasteiger partial charge in [0.15, 0.2) is 5.75 Å². The number of rotatable bonds is 8. The van der Waals surface area contributed by atoms with Gasteiger partial charge in [-0.05, 0) is 18.2 Å². The maximum absolute atomic E-state index is 13.1. The van der Waals surface area contributed by atoms with Crippen molar-refractivity contribution in [2.24, 2.45) is 5.41 Å². The van der Waals surface area contributed by atoms with Crippen LogP contribution in [-0.4, -0.2) is 48.3 Å². The molecule has 0 unspecified atom stereocenters. The van der Waals surface area contributed by atoms with E-state index < -0.39 is 6.61 Å². The maximum atomic E-state index is 13.1. The molecule has 3 aromatic rings. The summed E-state index contributed by atoms with van der Waals surface area (Å²) in [4.78, 5) is 20.4. The fourth-order valence-corrected chi connectivity index (χ4v) is 4.55. The molecule has 1 saturated heterocycles. The third-order valence-corrected chi connectivity index (χ3v) is 6.67. The Bertz CT molecular complexity index is 1300. The summed E-state index contributed by atoms with van der Waals surface area (Å²) < 4.78 is 42.7. The molecule has 1 amide bonds. The van der Waals surface area contributed by atoms with Crippen LogP contribution in [0.5, 0.6) is 11.5 Å². The molecular weight excluding hydrogens is 494 g/mol. The lowest BCUT2D eigenvalue weighted by atomic mass is 9.83. The highest BCUT2D eigenvalue weighted by Crippen LogP contribution is 2.43. The van der Waals surface area contributed by atoms with E-state index in [2.05, 4.69) is 39.2 Å². The van der Waals surface area contributed by atoms with Gasteiger partial charge in [-0.2, -0.15) is 8.78 Å². The van der Waals surface area contributed by atoms with Crippen LogP contribution < -0.4 is 20.1 Å². The van der Waals surface area contributed by atoms with Crippen LogP contribution in [0.3, 0.4) is 0 Å². The van der Waals surface area contributed by atoms with Gasteiger partial charge >= 0.3 is 6.61 Å². The number of halogens is 3. The number of para-hydroxylation sites is 1. The van der Waals surface area contributed by atoms with Crippen molar-refractivity contribution in [1.29, 1.82) is 0 Å². The van der Waals surface area contributed by atoms with Gasteiger partial charge in [-0.15, -0.1) is 0 Å². The molecule has 4 heterocycles. The second-order valence-electron chi connectivity index (χ2n) is 9.33. The number of carbonyl (C=O) groups excluding carboxylic acids is 1. The summed E-state index contributed by atoms with van der Waals surface area (Å²) in [7, 11) is 0. The molecule has 11 heteroatoms. The first kappa shape index (κ1) is 24.3. The molecule has 1 atom stereocenters. The number of nitrogens with one attached hydrogen (secondary N) is 3. The average Bonchev–Trinajstić information content (AvgIpc) is 3.20. The van der Waals surface area contributed by atoms with Crippen molar-refractivity contribution in [3.63, 3.8) is 0 Å². The molecule has 0 bridgehead atoms. The van der Waals surface area contributed by atoms with Crippen molar-refractivity contribution in [1.82, 2.24) is 15.3 Å². The number of carbonyl (C=O) groups is 1. The third kappa shape index (κ3) is 4.58. The van der Waals surface area contributed by atoms with Gasteiger partial charge in [0, 0.05) is 35.8 Å². The summed E-state index contributed by atoms with van der Waals surface area (Å²) in [5.41, 5.74) is 2.86. The largest absolute Gasteiger partial charge is 0.489 e. The maximum Gasteiger partial charge on any atom is 0.387 e. The van der Waals surface area contributed by atoms with Crippen LogP contribution in [-0.2, 0) is 11.2 Å². The minimum atomic E-state index is -3.08. The van der Waals surface area contributed by atoms with E-state index in [1.54, 1.807) is 30.6 Å². The van der Waals surface area contributed by atoms with Crippen molar-refractivity contribution in [3.05, 3.63) is 52.9 Å². The Morgan fingerprint density at radius 1 is 1.33 bits per heavy atom. The Hall–Kier alpha value is -3.37. The van der Waals surface area contributed by atoms with Crippen LogP contribution in [0.4, 0.5) is 20.2 Å². The Morgan fingerprint density at radius 3 is 2.89 bits per heavy atom. The second kappa shape index (κ2) is 9.59. The van der Waals surface area contributed by atoms with E-state index in [0.717, 1.165) is 0 Å². The molecule has 1 fully saturated rings. The average molecular weight is 519 g/mol. The van der Waals surface area contributed by atoms with Gasteiger partial charge in [0.25, 0.3) is 5.91 Å². The highest BCUT2D eigenvalue weighted by Gasteiger charge is 2.40. The summed E-state index contributed by atoms with van der Waals surface area (Å²) in [6.07, 6.45) is 3.71. The topological polar surface area (TPSA) is 97.5 Å². The van der Waals surface area contributed by atoms with E-state index in [1.807, 2.05) is 0 Å². The van der Waals surface area contributed by atoms with Gasteiger partial charge < -0.3 is 29.8 Å². The predicted octanol–water partition coefficient (Wildman–Crippen LogP) is 5.16. The first-order valence-corrected chi connectivity index (χ1v) is 11.8. The number of pyridine rings is 1. The number of fused-ring (bicyclic) bond motifs is 1. The van der Waals surface area contributed by atoms with E-state index >= 15 is 0 Å². The van der Waals surface area contributed by atoms with Crippen LogP contribution in [0.2, 0.25) is 5.02 Å². The van der Waals surface area contributed by atoms with E-state index in [0.29, 0.717) is 60.1 Å². The number of aromatic nitrogens is 2. The first-order chi connectivity index (χ1) is 17.2. The number of hydrogen-bond acceptors (Lipinski definition) is 6. The van der Waals surface area contributed by atoms with Crippen molar-refractivity contribution in [3.8, 4) is 22.8 Å². The standard InChI is InChI=1S/C25H25ClF2N4O4/c1-25(2)12-35-18(25)11-34-17-10-29-8-6-13(17)20-21(19-15(31-20)7-9-30-23(19)33)32-16-5-3-4-14(26)22(16)36-24(27)28/h3-6,8,10,18,24,31-32H,7,9,11-12H2,1-2H3,(H,30,33)/t18-/m1/s1. The minimum absolute atomic E-state index is 0.00625. The van der Waals surface area contributed by atoms with Crippen LogP contribution >= 0.6 is 11.6 Å². The molecule has 0 spiro atoms. The summed E-state index contributed by atoms with van der Waals surface area (Å²) in [6.45, 7) is 2.60. The van der Waals surface area contributed by atoms with Crippen LogP contribution in [0, 0.1) is 5.41 Å². The van der Waals surface area contributed by atoms with Crippen LogP contribution in [0.1, 0.15) is 29.9 Å². The van der Waals surface area contributed by atoms with E-state index in [9.17, 15) is 13.6 Å². The first-order valence-electron chi connectivity index (χ1n) is 11.5. The van der Waals surface area contributed by atoms with Crippen molar-refractivity contribution >= 4 is 28.9 Å². The summed E-state index contributed by atoms with van der Waals surface area (Å²) in [5, 5.41) is 5.95. The van der Waals surface area contributed by atoms with Gasteiger partial charge in [0.2, 0.25) is 0 Å². The number of anilines is 2. The van der Waals surface area contributed by atoms with Gasteiger partial charge in [-0.1, -0.05) is 31.5 Å². The molecule has 2 aliphatic rings. The molecule has 8 nitrogen and oxygen atoms in total. The zero-order valence-corrected chi connectivity index (χ0v) is 20.4. The SMILES string of the molecule is CC1(C)CO[C@@H]1COc1cnccc1-c1[nH]c2c(c1Nc1cccc(Cl)c1OC(F)F)C(=O)NCC2. The second-order valence-corrected chi connectivity index (χ2v) is 9.73. The molecule has 0 radical (unpaired) electrons. The highest BCUT2D eigenvalue weighted by molar-refractivity contribution is 6.32. The number of H-pyrrole nitrogens is 1. The lowest BCUT2D eigenvalue weighted by Crippen LogP contribution is -2.50. The number of hydrogen-bond donors (Lipinski definition) is 3. The van der Waals surface area contributed by atoms with Gasteiger partial charge in [-0.25, -0.2) is 0 Å². The lowest BCUT2D eigenvalue weighted by Gasteiger charge is -2.43. The molecule has 1 aromatic carbocycles. The highest BCUT2D eigenvalue weighted by atomic mass is 35.5. The van der Waals surface area contributed by atoms with Crippen molar-refractivity contribution < 1.29 is 27.8 Å². The van der Waals surface area contributed by atoms with E-state index in [-0.39, 0.29) is 33.9 Å². The third-order valence-electron chi connectivity index (χ3n) is 6.37. The van der Waals surface area contributed by atoms with Crippen LogP contribution in [0.15, 0.2) is 36.7 Å². The Labute approximate surface area is 211 Å². The Balaban J connectivity index is 1.57. The Kier molecular flexibility index (Phi) is 6.48. The number of nitrogens with zero attached hydrogens (tertiary/aromatic N) is 1. The number of ether oxygens (including phenoxy) is 3. The van der Waals surface area contributed by atoms with Gasteiger partial charge in [-0.3, -0.25) is 9.78 Å². The predicted molar refractivity (Wildman–Crippen MR) is 130 cm³/mol. The normalized spacial score (nSPS) is 18.3. The molecule has 2 aliphatic heterocycles. The minimum Gasteiger partial charge on any atom is -0.489 e. The fraction of sp³-hybridized carbons (Fsp3) is 0.360. The summed E-state index contributed by atoms with van der Waals surface area (Å²) >= 11 is 6.16. The zero-order chi connectivity index (χ0) is 25.4. The fourth-order valence-electron chi connectivity index (χ4n) is 4.33. The van der Waals surface area contributed by atoms with Crippen LogP contribution in [0.25, 0.3) is 11.3 Å². The number of aromatic amines is 1.